The van der Waals surface area contributed by atoms with Crippen molar-refractivity contribution in [3.8, 4) is 0 Å². The van der Waals surface area contributed by atoms with E-state index >= 15 is 0 Å². The van der Waals surface area contributed by atoms with Crippen molar-refractivity contribution in [1.29, 1.82) is 0 Å². The highest BCUT2D eigenvalue weighted by Crippen LogP contribution is 2.31. The molecule has 1 saturated heterocycles. The number of anilines is 1. The monoisotopic (exact) mass is 443 g/mol. The van der Waals surface area contributed by atoms with Gasteiger partial charge in [-0.1, -0.05) is 0 Å². The third kappa shape index (κ3) is 4.36. The Hall–Kier alpha value is -3.08. The van der Waals surface area contributed by atoms with E-state index in [9.17, 15) is 23.3 Å². The zero-order valence-electron chi connectivity index (χ0n) is 16.6. The largest absolute Gasteiger partial charge is 0.379 e. The summed E-state index contributed by atoms with van der Waals surface area (Å²) in [6.45, 7) is 1.88. The van der Waals surface area contributed by atoms with Gasteiger partial charge in [0.15, 0.2) is 0 Å². The molecule has 162 valence electrons. The van der Waals surface area contributed by atoms with Crippen LogP contribution in [0, 0.1) is 10.1 Å². The fraction of sp³-hybridized carbons (Fsp3) is 0.286. The maximum Gasteiger partial charge on any atom is 0.269 e. The first-order valence-electron chi connectivity index (χ1n) is 9.81. The summed E-state index contributed by atoms with van der Waals surface area (Å²) in [4.78, 5) is 24.7. The van der Waals surface area contributed by atoms with Crippen molar-refractivity contribution in [2.75, 3.05) is 37.7 Å². The first-order valence-corrected chi connectivity index (χ1v) is 11.2. The zero-order valence-corrected chi connectivity index (χ0v) is 17.5. The van der Waals surface area contributed by atoms with Crippen LogP contribution in [-0.2, 0) is 26.0 Å². The Morgan fingerprint density at radius 1 is 1.06 bits per heavy atom. The Morgan fingerprint density at radius 2 is 1.77 bits per heavy atom. The predicted octanol–water partition coefficient (Wildman–Crippen LogP) is 2.22. The lowest BCUT2D eigenvalue weighted by molar-refractivity contribution is -0.384. The van der Waals surface area contributed by atoms with Crippen molar-refractivity contribution in [2.45, 2.75) is 11.3 Å². The van der Waals surface area contributed by atoms with Gasteiger partial charge >= 0.3 is 0 Å². The molecule has 0 N–H and O–H groups in total. The number of hydrogen-bond acceptors (Lipinski definition) is 6. The lowest BCUT2D eigenvalue weighted by Crippen LogP contribution is -2.40. The van der Waals surface area contributed by atoms with Gasteiger partial charge in [-0.25, -0.2) is 8.42 Å². The summed E-state index contributed by atoms with van der Waals surface area (Å²) in [5.74, 6) is -0.235. The number of nitro groups is 1. The van der Waals surface area contributed by atoms with Crippen molar-refractivity contribution >= 4 is 33.4 Å². The van der Waals surface area contributed by atoms with E-state index in [2.05, 4.69) is 0 Å². The molecule has 1 fully saturated rings. The van der Waals surface area contributed by atoms with Crippen LogP contribution in [0.1, 0.15) is 11.1 Å². The third-order valence-electron chi connectivity index (χ3n) is 5.34. The fourth-order valence-corrected chi connectivity index (χ4v) is 5.13. The van der Waals surface area contributed by atoms with E-state index in [1.165, 1.54) is 28.6 Å². The highest BCUT2D eigenvalue weighted by Gasteiger charge is 2.29. The molecule has 0 unspecified atom stereocenters. The van der Waals surface area contributed by atoms with Gasteiger partial charge in [0.2, 0.25) is 10.0 Å². The van der Waals surface area contributed by atoms with Crippen LogP contribution in [0.2, 0.25) is 0 Å². The smallest absolute Gasteiger partial charge is 0.269 e. The van der Waals surface area contributed by atoms with Gasteiger partial charge in [0.05, 0.1) is 23.0 Å². The molecule has 2 aromatic rings. The van der Waals surface area contributed by atoms with Crippen LogP contribution < -0.4 is 4.90 Å². The second-order valence-electron chi connectivity index (χ2n) is 7.23. The number of amides is 1. The maximum atomic E-state index is 12.9. The van der Waals surface area contributed by atoms with E-state index in [1.54, 1.807) is 35.2 Å². The lowest BCUT2D eigenvalue weighted by Gasteiger charge is -2.26. The van der Waals surface area contributed by atoms with Gasteiger partial charge < -0.3 is 9.64 Å². The molecule has 1 amide bonds. The van der Waals surface area contributed by atoms with Crippen LogP contribution in [-0.4, -0.2) is 56.4 Å². The highest BCUT2D eigenvalue weighted by atomic mass is 32.2. The number of hydrogen-bond donors (Lipinski definition) is 0. The van der Waals surface area contributed by atoms with Crippen LogP contribution in [0.25, 0.3) is 6.08 Å². The number of nitrogens with zero attached hydrogens (tertiary/aromatic N) is 3. The Kier molecular flexibility index (Phi) is 5.86. The normalized spacial score (nSPS) is 17.1. The van der Waals surface area contributed by atoms with E-state index in [0.29, 0.717) is 50.5 Å². The van der Waals surface area contributed by atoms with E-state index in [4.69, 9.17) is 4.74 Å². The van der Waals surface area contributed by atoms with Gasteiger partial charge in [-0.05, 0) is 54.0 Å². The fourth-order valence-electron chi connectivity index (χ4n) is 3.67. The van der Waals surface area contributed by atoms with Gasteiger partial charge in [-0.2, -0.15) is 4.31 Å². The number of rotatable bonds is 5. The molecule has 2 aromatic carbocycles. The molecule has 9 nitrogen and oxygen atoms in total. The Balaban J connectivity index is 1.49. The third-order valence-corrected chi connectivity index (χ3v) is 7.24. The molecule has 10 heteroatoms. The molecule has 0 atom stereocenters. The highest BCUT2D eigenvalue weighted by molar-refractivity contribution is 7.89. The van der Waals surface area contributed by atoms with Crippen molar-refractivity contribution in [1.82, 2.24) is 4.31 Å². The summed E-state index contributed by atoms with van der Waals surface area (Å²) in [5.41, 5.74) is 2.16. The van der Waals surface area contributed by atoms with E-state index in [-0.39, 0.29) is 16.5 Å². The van der Waals surface area contributed by atoms with Crippen LogP contribution in [0.15, 0.2) is 53.4 Å². The second-order valence-corrected chi connectivity index (χ2v) is 9.17. The quantitative estimate of drug-likeness (QED) is 0.398. The van der Waals surface area contributed by atoms with E-state index in [1.807, 2.05) is 0 Å². The number of sulfonamides is 1. The number of morpholine rings is 1. The van der Waals surface area contributed by atoms with Gasteiger partial charge in [0.1, 0.15) is 0 Å². The summed E-state index contributed by atoms with van der Waals surface area (Å²) in [6.07, 6.45) is 3.58. The molecule has 0 aromatic heterocycles. The van der Waals surface area contributed by atoms with Crippen molar-refractivity contribution in [3.63, 3.8) is 0 Å². The number of carbonyl (C=O) groups is 1. The van der Waals surface area contributed by atoms with Crippen LogP contribution in [0.3, 0.4) is 0 Å². The lowest BCUT2D eigenvalue weighted by atomic mass is 10.2. The number of carbonyl (C=O) groups excluding carboxylic acids is 1. The van der Waals surface area contributed by atoms with Gasteiger partial charge in [-0.15, -0.1) is 0 Å². The number of fused-ring (bicyclic) bond motifs is 1. The van der Waals surface area contributed by atoms with Crippen molar-refractivity contribution < 1.29 is 22.9 Å². The maximum absolute atomic E-state index is 12.9. The Labute approximate surface area is 179 Å². The second kappa shape index (κ2) is 8.58. The van der Waals surface area contributed by atoms with Crippen molar-refractivity contribution in [2.24, 2.45) is 0 Å². The zero-order chi connectivity index (χ0) is 22.0. The minimum atomic E-state index is -3.59. The molecule has 2 aliphatic heterocycles. The summed E-state index contributed by atoms with van der Waals surface area (Å²) in [7, 11) is -3.59. The molecule has 31 heavy (non-hydrogen) atoms. The van der Waals surface area contributed by atoms with Crippen molar-refractivity contribution in [3.05, 3.63) is 69.8 Å². The predicted molar refractivity (Wildman–Crippen MR) is 114 cm³/mol. The summed E-state index contributed by atoms with van der Waals surface area (Å²) in [6, 6.07) is 10.8. The molecular weight excluding hydrogens is 422 g/mol. The number of nitro benzene ring substituents is 1. The molecular formula is C21H21N3O6S. The first kappa shape index (κ1) is 21.2. The van der Waals surface area contributed by atoms with Crippen LogP contribution in [0.5, 0.6) is 0 Å². The molecule has 2 heterocycles. The van der Waals surface area contributed by atoms with E-state index < -0.39 is 14.9 Å². The van der Waals surface area contributed by atoms with Gasteiger partial charge in [-0.3, -0.25) is 14.9 Å². The Bertz CT molecular complexity index is 1140. The van der Waals surface area contributed by atoms with Gasteiger partial charge in [0, 0.05) is 43.5 Å². The van der Waals surface area contributed by atoms with E-state index in [0.717, 1.165) is 5.56 Å². The topological polar surface area (TPSA) is 110 Å². The van der Waals surface area contributed by atoms with Crippen LogP contribution in [0.4, 0.5) is 11.4 Å². The summed E-state index contributed by atoms with van der Waals surface area (Å²) >= 11 is 0. The SMILES string of the molecule is O=C(/C=C/c1ccc([N+](=O)[O-])cc1)N1CCc2cc(S(=O)(=O)N3CCOCC3)ccc21. The number of non-ortho nitro benzene ring substituents is 1. The summed E-state index contributed by atoms with van der Waals surface area (Å²) < 4.78 is 32.4. The molecule has 0 bridgehead atoms. The standard InChI is InChI=1S/C21H21N3O6S/c25-21(8-3-16-1-4-18(5-2-16)24(26)27)23-10-9-17-15-19(6-7-20(17)23)31(28,29)22-11-13-30-14-12-22/h1-8,15H,9-14H2/b8-3+. The molecule has 0 radical (unpaired) electrons. The van der Waals surface area contributed by atoms with Gasteiger partial charge in [0.25, 0.3) is 11.6 Å². The Morgan fingerprint density at radius 3 is 2.45 bits per heavy atom. The minimum Gasteiger partial charge on any atom is -0.379 e. The molecule has 0 aliphatic carbocycles. The number of ether oxygens (including phenoxy) is 1. The molecule has 0 spiro atoms. The summed E-state index contributed by atoms with van der Waals surface area (Å²) in [5, 5.41) is 10.7. The molecule has 0 saturated carbocycles. The average molecular weight is 443 g/mol. The molecule has 4 rings (SSSR count). The first-order chi connectivity index (χ1) is 14.9. The van der Waals surface area contributed by atoms with Crippen LogP contribution >= 0.6 is 0 Å². The average Bonchev–Trinajstić information content (AvgIpc) is 3.22. The molecule has 2 aliphatic rings. The minimum absolute atomic E-state index is 0.0141. The number of benzene rings is 2.